The molecule has 3 rings (SSSR count). The minimum atomic E-state index is -0.805. The number of nitrogens with one attached hydrogen (secondary N) is 2. The lowest BCUT2D eigenvalue weighted by atomic mass is 10.2. The molecule has 0 unspecified atom stereocenters. The van der Waals surface area contributed by atoms with Crippen molar-refractivity contribution in [2.24, 2.45) is 0 Å². The highest BCUT2D eigenvalue weighted by atomic mass is 19.1. The van der Waals surface area contributed by atoms with Gasteiger partial charge in [-0.3, -0.25) is 9.59 Å². The monoisotopic (exact) mass is 340 g/mol. The molecule has 0 aliphatic rings. The third-order valence-corrected chi connectivity index (χ3v) is 3.85. The van der Waals surface area contributed by atoms with E-state index in [1.165, 1.54) is 16.6 Å². The molecule has 0 radical (unpaired) electrons. The summed E-state index contributed by atoms with van der Waals surface area (Å²) >= 11 is 0. The lowest BCUT2D eigenvalue weighted by Crippen LogP contribution is -2.42. The molecule has 128 valence electrons. The Morgan fingerprint density at radius 3 is 2.80 bits per heavy atom. The van der Waals surface area contributed by atoms with E-state index < -0.39 is 23.7 Å². The number of hydrogen-bond donors (Lipinski definition) is 2. The molecule has 25 heavy (non-hydrogen) atoms. The molecule has 0 fully saturated rings. The van der Waals surface area contributed by atoms with E-state index in [4.69, 9.17) is 0 Å². The van der Waals surface area contributed by atoms with E-state index in [9.17, 15) is 14.0 Å². The second kappa shape index (κ2) is 6.72. The molecule has 2 heterocycles. The van der Waals surface area contributed by atoms with E-state index in [2.05, 4.69) is 15.7 Å². The van der Waals surface area contributed by atoms with Crippen LogP contribution in [0, 0.1) is 12.7 Å². The number of nitrogens with zero attached hydrogens (tertiary/aromatic N) is 2. The fourth-order valence-electron chi connectivity index (χ4n) is 2.43. The van der Waals surface area contributed by atoms with E-state index in [0.29, 0.717) is 11.4 Å². The van der Waals surface area contributed by atoms with E-state index in [-0.39, 0.29) is 0 Å². The second-order valence-corrected chi connectivity index (χ2v) is 5.72. The zero-order valence-corrected chi connectivity index (χ0v) is 13.8. The number of pyridine rings is 1. The average molecular weight is 340 g/mol. The Bertz CT molecular complexity index is 951. The smallest absolute Gasteiger partial charge is 0.270 e. The SMILES string of the molecule is Cc1ccc(F)cc1NC(=O)[C@H](C)NC(=O)c1cccc2ccnn12. The largest absolute Gasteiger partial charge is 0.339 e. The lowest BCUT2D eigenvalue weighted by Gasteiger charge is -2.15. The second-order valence-electron chi connectivity index (χ2n) is 5.72. The number of benzene rings is 1. The summed E-state index contributed by atoms with van der Waals surface area (Å²) in [6, 6.07) is 10.3. The summed E-state index contributed by atoms with van der Waals surface area (Å²) in [5, 5.41) is 9.34. The number of halogens is 1. The Morgan fingerprint density at radius 2 is 2.00 bits per heavy atom. The van der Waals surface area contributed by atoms with Gasteiger partial charge in [0.15, 0.2) is 0 Å². The van der Waals surface area contributed by atoms with Crippen molar-refractivity contribution in [1.82, 2.24) is 14.9 Å². The molecule has 0 aliphatic carbocycles. The molecule has 0 spiro atoms. The van der Waals surface area contributed by atoms with Crippen molar-refractivity contribution in [2.75, 3.05) is 5.32 Å². The normalized spacial score (nSPS) is 12.0. The molecule has 2 amide bonds. The maximum atomic E-state index is 13.3. The van der Waals surface area contributed by atoms with E-state index in [1.54, 1.807) is 44.3 Å². The summed E-state index contributed by atoms with van der Waals surface area (Å²) in [5.74, 6) is -1.30. The minimum absolute atomic E-state index is 0.323. The zero-order chi connectivity index (χ0) is 18.0. The van der Waals surface area contributed by atoms with Gasteiger partial charge in [-0.25, -0.2) is 8.91 Å². The molecule has 7 heteroatoms. The number of aryl methyl sites for hydroxylation is 1. The predicted octanol–water partition coefficient (Wildman–Crippen LogP) is 2.54. The van der Waals surface area contributed by atoms with Gasteiger partial charge in [0, 0.05) is 5.69 Å². The number of carbonyl (C=O) groups excluding carboxylic acids is 2. The first-order chi connectivity index (χ1) is 12.0. The van der Waals surface area contributed by atoms with Crippen LogP contribution in [0.3, 0.4) is 0 Å². The molecule has 0 saturated carbocycles. The third kappa shape index (κ3) is 3.50. The molecule has 0 saturated heterocycles. The van der Waals surface area contributed by atoms with Crippen LogP contribution in [0.4, 0.5) is 10.1 Å². The molecule has 0 bridgehead atoms. The molecule has 1 atom stereocenters. The standard InChI is InChI=1S/C18H17FN4O2/c1-11-6-7-13(19)10-15(11)22-17(24)12(2)21-18(25)16-5-3-4-14-8-9-20-23(14)16/h3-10,12H,1-2H3,(H,21,25)(H,22,24)/t12-/m0/s1. The van der Waals surface area contributed by atoms with E-state index in [0.717, 1.165) is 11.1 Å². The van der Waals surface area contributed by atoms with Crippen LogP contribution in [-0.4, -0.2) is 27.5 Å². The summed E-state index contributed by atoms with van der Waals surface area (Å²) in [6.45, 7) is 3.32. The van der Waals surface area contributed by atoms with Crippen LogP contribution >= 0.6 is 0 Å². The summed E-state index contributed by atoms with van der Waals surface area (Å²) in [5.41, 5.74) is 2.21. The summed E-state index contributed by atoms with van der Waals surface area (Å²) < 4.78 is 14.8. The van der Waals surface area contributed by atoms with Crippen LogP contribution in [0.1, 0.15) is 23.0 Å². The molecule has 6 nitrogen and oxygen atoms in total. The molecular weight excluding hydrogens is 323 g/mol. The molecule has 3 aromatic rings. The van der Waals surface area contributed by atoms with Gasteiger partial charge in [0.1, 0.15) is 17.6 Å². The molecule has 1 aromatic carbocycles. The fraction of sp³-hybridized carbons (Fsp3) is 0.167. The number of rotatable bonds is 4. The van der Waals surface area contributed by atoms with Crippen LogP contribution in [0.2, 0.25) is 0 Å². The number of aromatic nitrogens is 2. The summed E-state index contributed by atoms with van der Waals surface area (Å²) in [7, 11) is 0. The van der Waals surface area contributed by atoms with Crippen molar-refractivity contribution < 1.29 is 14.0 Å². The van der Waals surface area contributed by atoms with E-state index in [1.807, 2.05) is 6.07 Å². The Hall–Kier alpha value is -3.22. The van der Waals surface area contributed by atoms with Gasteiger partial charge in [-0.05, 0) is 49.7 Å². The van der Waals surface area contributed by atoms with Crippen molar-refractivity contribution in [3.8, 4) is 0 Å². The number of fused-ring (bicyclic) bond motifs is 1. The Labute approximate surface area is 143 Å². The maximum absolute atomic E-state index is 13.3. The Balaban J connectivity index is 1.72. The van der Waals surface area contributed by atoms with Gasteiger partial charge >= 0.3 is 0 Å². The van der Waals surface area contributed by atoms with Crippen molar-refractivity contribution >= 4 is 23.0 Å². The van der Waals surface area contributed by atoms with Crippen LogP contribution in [0.5, 0.6) is 0 Å². The zero-order valence-electron chi connectivity index (χ0n) is 13.8. The first-order valence-corrected chi connectivity index (χ1v) is 7.76. The lowest BCUT2D eigenvalue weighted by molar-refractivity contribution is -0.117. The molecule has 0 aliphatic heterocycles. The van der Waals surface area contributed by atoms with Crippen molar-refractivity contribution in [3.63, 3.8) is 0 Å². The number of anilines is 1. The molecule has 2 aromatic heterocycles. The average Bonchev–Trinajstić information content (AvgIpc) is 3.06. The quantitative estimate of drug-likeness (QED) is 0.766. The van der Waals surface area contributed by atoms with Gasteiger partial charge < -0.3 is 10.6 Å². The van der Waals surface area contributed by atoms with Crippen LogP contribution in [0.15, 0.2) is 48.7 Å². The number of carbonyl (C=O) groups is 2. The fourth-order valence-corrected chi connectivity index (χ4v) is 2.43. The third-order valence-electron chi connectivity index (χ3n) is 3.85. The first-order valence-electron chi connectivity index (χ1n) is 7.76. The number of hydrogen-bond acceptors (Lipinski definition) is 3. The van der Waals surface area contributed by atoms with Crippen molar-refractivity contribution in [2.45, 2.75) is 19.9 Å². The van der Waals surface area contributed by atoms with Crippen LogP contribution < -0.4 is 10.6 Å². The number of amides is 2. The van der Waals surface area contributed by atoms with Gasteiger partial charge in [-0.2, -0.15) is 5.10 Å². The highest BCUT2D eigenvalue weighted by Crippen LogP contribution is 2.16. The van der Waals surface area contributed by atoms with Gasteiger partial charge in [0.2, 0.25) is 5.91 Å². The maximum Gasteiger partial charge on any atom is 0.270 e. The van der Waals surface area contributed by atoms with Gasteiger partial charge in [0.25, 0.3) is 5.91 Å². The summed E-state index contributed by atoms with van der Waals surface area (Å²) in [6.07, 6.45) is 1.59. The van der Waals surface area contributed by atoms with Crippen LogP contribution in [-0.2, 0) is 4.79 Å². The Kier molecular flexibility index (Phi) is 4.47. The van der Waals surface area contributed by atoms with Crippen molar-refractivity contribution in [3.05, 3.63) is 65.7 Å². The van der Waals surface area contributed by atoms with Crippen LogP contribution in [0.25, 0.3) is 5.52 Å². The Morgan fingerprint density at radius 1 is 1.20 bits per heavy atom. The predicted molar refractivity (Wildman–Crippen MR) is 91.9 cm³/mol. The summed E-state index contributed by atoms with van der Waals surface area (Å²) in [4.78, 5) is 24.7. The first kappa shape index (κ1) is 16.6. The molecule has 2 N–H and O–H groups in total. The topological polar surface area (TPSA) is 75.5 Å². The minimum Gasteiger partial charge on any atom is -0.339 e. The van der Waals surface area contributed by atoms with Gasteiger partial charge in [-0.15, -0.1) is 0 Å². The van der Waals surface area contributed by atoms with E-state index >= 15 is 0 Å². The van der Waals surface area contributed by atoms with Gasteiger partial charge in [-0.1, -0.05) is 12.1 Å². The molecular formula is C18H17FN4O2. The highest BCUT2D eigenvalue weighted by Gasteiger charge is 2.19. The van der Waals surface area contributed by atoms with Crippen molar-refractivity contribution in [1.29, 1.82) is 0 Å². The van der Waals surface area contributed by atoms with Gasteiger partial charge in [0.05, 0.1) is 11.7 Å². The highest BCUT2D eigenvalue weighted by molar-refractivity contribution is 6.00.